The van der Waals surface area contributed by atoms with E-state index in [0.29, 0.717) is 23.0 Å². The Bertz CT molecular complexity index is 1680. The van der Waals surface area contributed by atoms with Crippen LogP contribution in [0.1, 0.15) is 80.7 Å². The SMILES string of the molecule is CCN(C(=O)OC(C)(C)C)c1c(C(N)=O)c(C#Cc2cc3ncn(C4CC4)c3cc2Cl)nn1[C@H]1C[C@H](COC)N(C(=O)O)C1. The number of carbonyl (C=O) groups is 3. The van der Waals surface area contributed by atoms with Gasteiger partial charge in [0.1, 0.15) is 11.2 Å². The van der Waals surface area contributed by atoms with Gasteiger partial charge in [-0.05, 0) is 65.0 Å². The van der Waals surface area contributed by atoms with Crippen molar-refractivity contribution >= 4 is 46.5 Å². The maximum absolute atomic E-state index is 13.4. The molecular weight excluding hydrogens is 590 g/mol. The van der Waals surface area contributed by atoms with Gasteiger partial charge in [0.05, 0.1) is 41.1 Å². The summed E-state index contributed by atoms with van der Waals surface area (Å²) in [5.41, 5.74) is 7.14. The first-order valence-corrected chi connectivity index (χ1v) is 14.8. The van der Waals surface area contributed by atoms with Gasteiger partial charge in [0.15, 0.2) is 11.5 Å². The molecule has 2 aliphatic rings. The summed E-state index contributed by atoms with van der Waals surface area (Å²) in [7, 11) is 1.49. The summed E-state index contributed by atoms with van der Waals surface area (Å²) in [4.78, 5) is 45.5. The third-order valence-electron chi connectivity index (χ3n) is 7.58. The summed E-state index contributed by atoms with van der Waals surface area (Å²) < 4.78 is 14.5. The Hall–Kier alpha value is -4.28. The number of anilines is 1. The fraction of sp³-hybridized carbons (Fsp3) is 0.500. The minimum atomic E-state index is -1.12. The van der Waals surface area contributed by atoms with E-state index >= 15 is 0 Å². The highest BCUT2D eigenvalue weighted by Gasteiger charge is 2.41. The van der Waals surface area contributed by atoms with E-state index in [9.17, 15) is 19.5 Å². The Morgan fingerprint density at radius 2 is 1.93 bits per heavy atom. The molecule has 2 atom stereocenters. The first-order chi connectivity index (χ1) is 20.8. The van der Waals surface area contributed by atoms with Crippen LogP contribution in [0, 0.1) is 11.8 Å². The highest BCUT2D eigenvalue weighted by atomic mass is 35.5. The Balaban J connectivity index is 1.63. The number of carboxylic acid groups (broad SMARTS) is 1. The summed E-state index contributed by atoms with van der Waals surface area (Å²) in [5, 5.41) is 14.9. The van der Waals surface area contributed by atoms with Crippen LogP contribution in [0.15, 0.2) is 18.5 Å². The number of rotatable bonds is 7. The third kappa shape index (κ3) is 6.18. The molecule has 0 unspecified atom stereocenters. The summed E-state index contributed by atoms with van der Waals surface area (Å²) >= 11 is 6.63. The van der Waals surface area contributed by atoms with Gasteiger partial charge in [-0.25, -0.2) is 19.3 Å². The Labute approximate surface area is 259 Å². The number of fused-ring (bicyclic) bond motifs is 1. The molecule has 1 saturated carbocycles. The highest BCUT2D eigenvalue weighted by Crippen LogP contribution is 2.38. The Morgan fingerprint density at radius 3 is 2.52 bits per heavy atom. The van der Waals surface area contributed by atoms with E-state index in [2.05, 4.69) is 26.5 Å². The molecule has 3 heterocycles. The van der Waals surface area contributed by atoms with E-state index in [1.54, 1.807) is 40.1 Å². The van der Waals surface area contributed by atoms with Crippen molar-refractivity contribution < 1.29 is 29.0 Å². The molecule has 0 bridgehead atoms. The van der Waals surface area contributed by atoms with Crippen LogP contribution < -0.4 is 10.6 Å². The van der Waals surface area contributed by atoms with E-state index in [1.165, 1.54) is 21.6 Å². The number of hydrogen-bond donors (Lipinski definition) is 2. The van der Waals surface area contributed by atoms with Gasteiger partial charge in [-0.2, -0.15) is 5.10 Å². The van der Waals surface area contributed by atoms with Crippen LogP contribution in [0.5, 0.6) is 0 Å². The van der Waals surface area contributed by atoms with Gasteiger partial charge in [0.2, 0.25) is 0 Å². The second kappa shape index (κ2) is 12.0. The molecule has 3 N–H and O–H groups in total. The second-order valence-corrected chi connectivity index (χ2v) is 12.4. The maximum atomic E-state index is 13.4. The van der Waals surface area contributed by atoms with Crippen LogP contribution in [-0.2, 0) is 9.47 Å². The van der Waals surface area contributed by atoms with Crippen molar-refractivity contribution in [3.8, 4) is 11.8 Å². The lowest BCUT2D eigenvalue weighted by Crippen LogP contribution is -2.39. The van der Waals surface area contributed by atoms with E-state index < -0.39 is 35.8 Å². The lowest BCUT2D eigenvalue weighted by atomic mass is 10.1. The number of ether oxygens (including phenoxy) is 2. The molecule has 2 fully saturated rings. The standard InChI is InChI=1S/C30H36ClN7O6/c1-6-35(29(42)44-30(2,3)4)27-25(26(32)39)22(34-38(27)19-12-20(15-43-5)36(14-19)28(40)41)10-7-17-11-23-24(13-21(17)31)37(16-33-23)18-8-9-18/h11,13,16,18-20H,6,8-9,12,14-15H2,1-5H3,(H2,32,39)(H,40,41)/t19-,20+/m0/s1. The van der Waals surface area contributed by atoms with Crippen LogP contribution in [-0.4, -0.2) is 85.9 Å². The lowest BCUT2D eigenvalue weighted by molar-refractivity contribution is 0.0579. The number of nitrogens with two attached hydrogens (primary N) is 1. The number of amides is 3. The molecule has 3 aromatic rings. The number of carbonyl (C=O) groups excluding carboxylic acids is 2. The number of hydrogen-bond acceptors (Lipinski definition) is 7. The maximum Gasteiger partial charge on any atom is 0.416 e. The molecule has 3 amide bonds. The molecule has 14 heteroatoms. The molecule has 44 heavy (non-hydrogen) atoms. The van der Waals surface area contributed by atoms with Crippen molar-refractivity contribution in [3.63, 3.8) is 0 Å². The zero-order valence-electron chi connectivity index (χ0n) is 25.3. The van der Waals surface area contributed by atoms with Gasteiger partial charge < -0.3 is 29.8 Å². The van der Waals surface area contributed by atoms with Gasteiger partial charge in [0.25, 0.3) is 5.91 Å². The largest absolute Gasteiger partial charge is 0.465 e. The van der Waals surface area contributed by atoms with E-state index in [-0.39, 0.29) is 36.8 Å². The number of nitrogens with zero attached hydrogens (tertiary/aromatic N) is 6. The number of methoxy groups -OCH3 is 1. The quantitative estimate of drug-likeness (QED) is 0.365. The second-order valence-electron chi connectivity index (χ2n) is 12.0. The lowest BCUT2D eigenvalue weighted by Gasteiger charge is -2.28. The molecule has 13 nitrogen and oxygen atoms in total. The van der Waals surface area contributed by atoms with Gasteiger partial charge in [-0.1, -0.05) is 17.5 Å². The minimum Gasteiger partial charge on any atom is -0.465 e. The number of aromatic nitrogens is 4. The first-order valence-electron chi connectivity index (χ1n) is 14.4. The molecule has 0 spiro atoms. The van der Waals surface area contributed by atoms with Crippen LogP contribution in [0.4, 0.5) is 15.4 Å². The van der Waals surface area contributed by atoms with E-state index in [1.807, 2.05) is 6.07 Å². The topological polar surface area (TPSA) is 158 Å². The number of benzene rings is 1. The van der Waals surface area contributed by atoms with Crippen molar-refractivity contribution in [1.29, 1.82) is 0 Å². The number of imidazole rings is 1. The molecule has 0 radical (unpaired) electrons. The van der Waals surface area contributed by atoms with Crippen molar-refractivity contribution in [2.24, 2.45) is 5.73 Å². The molecular formula is C30H36ClN7O6. The van der Waals surface area contributed by atoms with Gasteiger partial charge >= 0.3 is 12.2 Å². The summed E-state index contributed by atoms with van der Waals surface area (Å²) in [6, 6.07) is 3.00. The van der Waals surface area contributed by atoms with Gasteiger partial charge in [0, 0.05) is 31.8 Å². The third-order valence-corrected chi connectivity index (χ3v) is 7.89. The van der Waals surface area contributed by atoms with E-state index in [0.717, 1.165) is 23.9 Å². The van der Waals surface area contributed by atoms with Crippen LogP contribution in [0.25, 0.3) is 11.0 Å². The predicted octanol–water partition coefficient (Wildman–Crippen LogP) is 4.42. The molecule has 1 saturated heterocycles. The molecule has 5 rings (SSSR count). The molecule has 1 aliphatic heterocycles. The fourth-order valence-electron chi connectivity index (χ4n) is 5.50. The Morgan fingerprint density at radius 1 is 1.20 bits per heavy atom. The zero-order valence-corrected chi connectivity index (χ0v) is 26.1. The smallest absolute Gasteiger partial charge is 0.416 e. The summed E-state index contributed by atoms with van der Waals surface area (Å²) in [5.74, 6) is 5.17. The first kappa shape index (κ1) is 31.2. The number of halogens is 1. The predicted molar refractivity (Wildman–Crippen MR) is 163 cm³/mol. The van der Waals surface area contributed by atoms with Crippen LogP contribution in [0.3, 0.4) is 0 Å². The zero-order chi connectivity index (χ0) is 31.9. The van der Waals surface area contributed by atoms with Gasteiger partial charge in [-0.15, -0.1) is 0 Å². The molecule has 234 valence electrons. The minimum absolute atomic E-state index is 0.0197. The van der Waals surface area contributed by atoms with E-state index in [4.69, 9.17) is 26.8 Å². The van der Waals surface area contributed by atoms with Crippen molar-refractivity contribution in [2.75, 3.05) is 31.7 Å². The normalized spacial score (nSPS) is 18.3. The summed E-state index contributed by atoms with van der Waals surface area (Å²) in [6.07, 6.45) is 2.47. The molecule has 1 aromatic carbocycles. The number of primary amides is 1. The average molecular weight is 626 g/mol. The average Bonchev–Trinajstić information content (AvgIpc) is 3.38. The molecule has 2 aromatic heterocycles. The van der Waals surface area contributed by atoms with Crippen LogP contribution in [0.2, 0.25) is 5.02 Å². The summed E-state index contributed by atoms with van der Waals surface area (Å²) in [6.45, 7) is 7.22. The van der Waals surface area contributed by atoms with Crippen molar-refractivity contribution in [1.82, 2.24) is 24.2 Å². The molecule has 1 aliphatic carbocycles. The van der Waals surface area contributed by atoms with Crippen LogP contribution >= 0.6 is 11.6 Å². The fourth-order valence-corrected chi connectivity index (χ4v) is 5.71. The van der Waals surface area contributed by atoms with Crippen molar-refractivity contribution in [3.05, 3.63) is 40.3 Å². The highest BCUT2D eigenvalue weighted by molar-refractivity contribution is 6.32. The van der Waals surface area contributed by atoms with Gasteiger partial charge in [-0.3, -0.25) is 9.69 Å². The number of likely N-dealkylation sites (tertiary alicyclic amines) is 1. The Kier molecular flexibility index (Phi) is 8.51. The monoisotopic (exact) mass is 625 g/mol. The van der Waals surface area contributed by atoms with Crippen molar-refractivity contribution in [2.45, 2.75) is 70.7 Å².